The molecule has 2 rings (SSSR count). The average molecular weight is 243 g/mol. The summed E-state index contributed by atoms with van der Waals surface area (Å²) in [6, 6.07) is 14.0. The van der Waals surface area contributed by atoms with E-state index in [0.29, 0.717) is 12.0 Å². The van der Waals surface area contributed by atoms with E-state index in [9.17, 15) is 9.18 Å². The van der Waals surface area contributed by atoms with Crippen LogP contribution in [0.1, 0.15) is 5.56 Å². The van der Waals surface area contributed by atoms with Crippen LogP contribution in [0.15, 0.2) is 48.5 Å². The third-order valence-corrected chi connectivity index (χ3v) is 2.78. The van der Waals surface area contributed by atoms with Gasteiger partial charge in [0.1, 0.15) is 5.82 Å². The van der Waals surface area contributed by atoms with Gasteiger partial charge < -0.3 is 5.32 Å². The molecule has 3 heteroatoms. The molecule has 0 aliphatic carbocycles. The van der Waals surface area contributed by atoms with E-state index in [0.717, 1.165) is 11.1 Å². The molecule has 92 valence electrons. The molecule has 0 bridgehead atoms. The SMILES string of the molecule is CNC(=O)Cc1ccc(-c2ccccc2F)cc1. The summed E-state index contributed by atoms with van der Waals surface area (Å²) in [7, 11) is 1.61. The maximum atomic E-state index is 13.6. The molecule has 0 aromatic heterocycles. The van der Waals surface area contributed by atoms with E-state index >= 15 is 0 Å². The monoisotopic (exact) mass is 243 g/mol. The van der Waals surface area contributed by atoms with Crippen molar-refractivity contribution in [2.75, 3.05) is 7.05 Å². The van der Waals surface area contributed by atoms with Gasteiger partial charge in [-0.05, 0) is 17.2 Å². The lowest BCUT2D eigenvalue weighted by molar-refractivity contribution is -0.119. The number of carbonyl (C=O) groups is 1. The first-order chi connectivity index (χ1) is 8.70. The van der Waals surface area contributed by atoms with Gasteiger partial charge in [-0.15, -0.1) is 0 Å². The summed E-state index contributed by atoms with van der Waals surface area (Å²) in [4.78, 5) is 11.2. The number of halogens is 1. The van der Waals surface area contributed by atoms with Crippen LogP contribution >= 0.6 is 0 Å². The summed E-state index contributed by atoms with van der Waals surface area (Å²) in [6.45, 7) is 0. The second-order valence-electron chi connectivity index (χ2n) is 4.03. The van der Waals surface area contributed by atoms with E-state index in [4.69, 9.17) is 0 Å². The molecular weight excluding hydrogens is 229 g/mol. The largest absolute Gasteiger partial charge is 0.359 e. The Morgan fingerprint density at radius 3 is 2.39 bits per heavy atom. The second kappa shape index (κ2) is 5.45. The fraction of sp³-hybridized carbons (Fsp3) is 0.133. The summed E-state index contributed by atoms with van der Waals surface area (Å²) in [6.07, 6.45) is 0.341. The molecule has 0 aliphatic heterocycles. The summed E-state index contributed by atoms with van der Waals surface area (Å²) in [5.41, 5.74) is 2.30. The predicted octanol–water partition coefficient (Wildman–Crippen LogP) is 2.78. The number of amides is 1. The van der Waals surface area contributed by atoms with E-state index in [2.05, 4.69) is 5.32 Å². The Hall–Kier alpha value is -2.16. The Labute approximate surface area is 105 Å². The molecule has 0 fully saturated rings. The van der Waals surface area contributed by atoms with E-state index in [1.54, 1.807) is 25.2 Å². The fourth-order valence-corrected chi connectivity index (χ4v) is 1.77. The number of likely N-dealkylation sites (N-methyl/N-ethyl adjacent to an activating group) is 1. The highest BCUT2D eigenvalue weighted by Crippen LogP contribution is 2.22. The number of nitrogens with one attached hydrogen (secondary N) is 1. The van der Waals surface area contributed by atoms with Crippen LogP contribution in [0.4, 0.5) is 4.39 Å². The molecule has 0 unspecified atom stereocenters. The van der Waals surface area contributed by atoms with Crippen molar-refractivity contribution < 1.29 is 9.18 Å². The number of hydrogen-bond acceptors (Lipinski definition) is 1. The van der Waals surface area contributed by atoms with Crippen LogP contribution in [0.5, 0.6) is 0 Å². The van der Waals surface area contributed by atoms with E-state index in [1.165, 1.54) is 6.07 Å². The molecule has 0 radical (unpaired) electrons. The maximum Gasteiger partial charge on any atom is 0.224 e. The number of rotatable bonds is 3. The Morgan fingerprint density at radius 1 is 1.11 bits per heavy atom. The van der Waals surface area contributed by atoms with Crippen molar-refractivity contribution in [3.63, 3.8) is 0 Å². The standard InChI is InChI=1S/C15H14FNO/c1-17-15(18)10-11-6-8-12(9-7-11)13-4-2-3-5-14(13)16/h2-9H,10H2,1H3,(H,17,18). The van der Waals surface area contributed by atoms with Crippen LogP contribution in [0.2, 0.25) is 0 Å². The lowest BCUT2D eigenvalue weighted by Gasteiger charge is -2.05. The van der Waals surface area contributed by atoms with Crippen LogP contribution in [0.3, 0.4) is 0 Å². The van der Waals surface area contributed by atoms with Gasteiger partial charge in [-0.25, -0.2) is 4.39 Å². The highest BCUT2D eigenvalue weighted by molar-refractivity contribution is 5.78. The lowest BCUT2D eigenvalue weighted by atomic mass is 10.0. The predicted molar refractivity (Wildman–Crippen MR) is 69.6 cm³/mol. The first-order valence-electron chi connectivity index (χ1n) is 5.75. The molecular formula is C15H14FNO. The van der Waals surface area contributed by atoms with Gasteiger partial charge in [0.2, 0.25) is 5.91 Å². The van der Waals surface area contributed by atoms with Gasteiger partial charge in [-0.1, -0.05) is 42.5 Å². The van der Waals surface area contributed by atoms with E-state index in [1.807, 2.05) is 24.3 Å². The molecule has 2 nitrogen and oxygen atoms in total. The third kappa shape index (κ3) is 2.74. The minimum Gasteiger partial charge on any atom is -0.359 e. The van der Waals surface area contributed by atoms with E-state index < -0.39 is 0 Å². The zero-order chi connectivity index (χ0) is 13.0. The van der Waals surface area contributed by atoms with Gasteiger partial charge in [-0.2, -0.15) is 0 Å². The average Bonchev–Trinajstić information content (AvgIpc) is 2.40. The zero-order valence-electron chi connectivity index (χ0n) is 10.1. The van der Waals surface area contributed by atoms with Crippen molar-refractivity contribution in [1.82, 2.24) is 5.32 Å². The van der Waals surface area contributed by atoms with Crippen molar-refractivity contribution in [3.05, 3.63) is 59.9 Å². The molecule has 2 aromatic rings. The van der Waals surface area contributed by atoms with Crippen LogP contribution in [0.25, 0.3) is 11.1 Å². The molecule has 0 saturated carbocycles. The van der Waals surface area contributed by atoms with Crippen LogP contribution in [-0.2, 0) is 11.2 Å². The summed E-state index contributed by atoms with van der Waals surface area (Å²) in [5, 5.41) is 2.57. The first kappa shape index (κ1) is 12.3. The Morgan fingerprint density at radius 2 is 1.78 bits per heavy atom. The highest BCUT2D eigenvalue weighted by atomic mass is 19.1. The minimum absolute atomic E-state index is 0.0337. The van der Waals surface area contributed by atoms with Crippen molar-refractivity contribution in [3.8, 4) is 11.1 Å². The Balaban J connectivity index is 2.23. The molecule has 0 spiro atoms. The van der Waals surface area contributed by atoms with Crippen LogP contribution < -0.4 is 5.32 Å². The highest BCUT2D eigenvalue weighted by Gasteiger charge is 2.05. The molecule has 18 heavy (non-hydrogen) atoms. The summed E-state index contributed by atoms with van der Waals surface area (Å²) >= 11 is 0. The van der Waals surface area contributed by atoms with Crippen molar-refractivity contribution >= 4 is 5.91 Å². The van der Waals surface area contributed by atoms with Gasteiger partial charge in [-0.3, -0.25) is 4.79 Å². The third-order valence-electron chi connectivity index (χ3n) is 2.78. The molecule has 1 N–H and O–H groups in total. The Kier molecular flexibility index (Phi) is 3.72. The molecule has 0 heterocycles. The summed E-state index contributed by atoms with van der Waals surface area (Å²) < 4.78 is 13.6. The number of benzene rings is 2. The minimum atomic E-state index is -0.239. The molecule has 2 aromatic carbocycles. The van der Waals surface area contributed by atoms with Gasteiger partial charge in [0, 0.05) is 12.6 Å². The smallest absolute Gasteiger partial charge is 0.224 e. The quantitative estimate of drug-likeness (QED) is 0.882. The number of hydrogen-bond donors (Lipinski definition) is 1. The van der Waals surface area contributed by atoms with Gasteiger partial charge in [0.25, 0.3) is 0 Å². The fourth-order valence-electron chi connectivity index (χ4n) is 1.77. The first-order valence-corrected chi connectivity index (χ1v) is 5.75. The summed E-state index contributed by atoms with van der Waals surface area (Å²) in [5.74, 6) is -0.273. The topological polar surface area (TPSA) is 29.1 Å². The number of carbonyl (C=O) groups excluding carboxylic acids is 1. The van der Waals surface area contributed by atoms with Crippen molar-refractivity contribution in [1.29, 1.82) is 0 Å². The van der Waals surface area contributed by atoms with Gasteiger partial charge >= 0.3 is 0 Å². The molecule has 1 amide bonds. The molecule has 0 aliphatic rings. The van der Waals surface area contributed by atoms with E-state index in [-0.39, 0.29) is 11.7 Å². The molecule has 0 atom stereocenters. The zero-order valence-corrected chi connectivity index (χ0v) is 10.1. The van der Waals surface area contributed by atoms with Crippen molar-refractivity contribution in [2.45, 2.75) is 6.42 Å². The lowest BCUT2D eigenvalue weighted by Crippen LogP contribution is -2.19. The normalized spacial score (nSPS) is 10.1. The second-order valence-corrected chi connectivity index (χ2v) is 4.03. The Bertz CT molecular complexity index is 549. The maximum absolute atomic E-state index is 13.6. The van der Waals surface area contributed by atoms with Gasteiger partial charge in [0.15, 0.2) is 0 Å². The van der Waals surface area contributed by atoms with Crippen molar-refractivity contribution in [2.24, 2.45) is 0 Å². The van der Waals surface area contributed by atoms with Crippen LogP contribution in [0, 0.1) is 5.82 Å². The van der Waals surface area contributed by atoms with Gasteiger partial charge in [0.05, 0.1) is 6.42 Å². The van der Waals surface area contributed by atoms with Crippen LogP contribution in [-0.4, -0.2) is 13.0 Å². The molecule has 0 saturated heterocycles.